The Hall–Kier alpha value is -3.39. The van der Waals surface area contributed by atoms with E-state index < -0.39 is 0 Å². The van der Waals surface area contributed by atoms with Gasteiger partial charge in [0.2, 0.25) is 0 Å². The number of ketones is 1. The number of fused-ring (bicyclic) bond motifs is 1. The molecule has 6 nitrogen and oxygen atoms in total. The molecule has 4 rings (SSSR count). The smallest absolute Gasteiger partial charge is 0.195 e. The fourth-order valence-corrected chi connectivity index (χ4v) is 6.08. The van der Waals surface area contributed by atoms with Gasteiger partial charge in [-0.1, -0.05) is 27.7 Å². The SMILES string of the molecule is CCN(CC)CCOc1ccc(C(=O)c2c(-c3ccc(OCCN(CC)CC)cc3)sc3cc(OC)ccc23)cc1. The lowest BCUT2D eigenvalue weighted by atomic mass is 9.97. The number of ether oxygens (including phenoxy) is 3. The maximum absolute atomic E-state index is 14.0. The zero-order valence-electron chi connectivity index (χ0n) is 24.9. The Morgan fingerprint density at radius 1 is 0.707 bits per heavy atom. The molecule has 0 bridgehead atoms. The van der Waals surface area contributed by atoms with Crippen LogP contribution in [-0.4, -0.2) is 75.2 Å². The molecule has 0 fully saturated rings. The minimum atomic E-state index is -0.00865. The van der Waals surface area contributed by atoms with Crippen molar-refractivity contribution in [2.75, 3.05) is 59.6 Å². The van der Waals surface area contributed by atoms with Gasteiger partial charge in [-0.3, -0.25) is 4.79 Å². The summed E-state index contributed by atoms with van der Waals surface area (Å²) in [4.78, 5) is 19.6. The number of hydrogen-bond donors (Lipinski definition) is 0. The Morgan fingerprint density at radius 3 is 1.73 bits per heavy atom. The van der Waals surface area contributed by atoms with Crippen LogP contribution in [0.5, 0.6) is 17.2 Å². The standard InChI is InChI=1S/C34H42N2O4S/c1-6-35(7-2)20-22-39-27-14-10-25(11-15-27)33(37)32-30-19-18-29(38-5)24-31(30)41-34(32)26-12-16-28(17-13-26)40-23-21-36(8-3)9-4/h10-19,24H,6-9,20-23H2,1-5H3. The first-order chi connectivity index (χ1) is 20.0. The van der Waals surface area contributed by atoms with E-state index in [0.717, 1.165) is 77.0 Å². The van der Waals surface area contributed by atoms with Gasteiger partial charge in [0.05, 0.1) is 7.11 Å². The molecule has 0 amide bonds. The molecule has 1 aromatic heterocycles. The van der Waals surface area contributed by atoms with Crippen molar-refractivity contribution in [2.24, 2.45) is 0 Å². The highest BCUT2D eigenvalue weighted by Crippen LogP contribution is 2.41. The van der Waals surface area contributed by atoms with E-state index in [-0.39, 0.29) is 5.78 Å². The van der Waals surface area contributed by atoms with Crippen molar-refractivity contribution in [3.8, 4) is 27.7 Å². The quantitative estimate of drug-likeness (QED) is 0.131. The summed E-state index contributed by atoms with van der Waals surface area (Å²) in [5.41, 5.74) is 2.33. The van der Waals surface area contributed by atoms with E-state index in [0.29, 0.717) is 24.3 Å². The van der Waals surface area contributed by atoms with Gasteiger partial charge >= 0.3 is 0 Å². The average Bonchev–Trinajstić information content (AvgIpc) is 3.40. The van der Waals surface area contributed by atoms with Crippen LogP contribution in [0.2, 0.25) is 0 Å². The number of carbonyl (C=O) groups is 1. The molecule has 41 heavy (non-hydrogen) atoms. The number of nitrogens with zero attached hydrogens (tertiary/aromatic N) is 2. The van der Waals surface area contributed by atoms with Gasteiger partial charge < -0.3 is 24.0 Å². The molecule has 7 heteroatoms. The van der Waals surface area contributed by atoms with Crippen LogP contribution in [0.1, 0.15) is 43.6 Å². The minimum Gasteiger partial charge on any atom is -0.497 e. The Labute approximate surface area is 248 Å². The van der Waals surface area contributed by atoms with Crippen LogP contribution in [0.3, 0.4) is 0 Å². The second-order valence-corrected chi connectivity index (χ2v) is 10.8. The summed E-state index contributed by atoms with van der Waals surface area (Å²) in [6, 6.07) is 21.4. The van der Waals surface area contributed by atoms with Gasteiger partial charge in [-0.2, -0.15) is 0 Å². The molecule has 0 N–H and O–H groups in total. The van der Waals surface area contributed by atoms with Gasteiger partial charge in [-0.05, 0) is 98.5 Å². The number of hydrogen-bond acceptors (Lipinski definition) is 7. The van der Waals surface area contributed by atoms with Crippen molar-refractivity contribution in [1.82, 2.24) is 9.80 Å². The first-order valence-corrected chi connectivity index (χ1v) is 15.4. The summed E-state index contributed by atoms with van der Waals surface area (Å²) >= 11 is 1.61. The van der Waals surface area contributed by atoms with Crippen LogP contribution in [0.25, 0.3) is 20.5 Å². The van der Waals surface area contributed by atoms with Crippen LogP contribution < -0.4 is 14.2 Å². The molecule has 1 heterocycles. The maximum Gasteiger partial charge on any atom is 0.195 e. The zero-order valence-corrected chi connectivity index (χ0v) is 25.8. The molecule has 0 aliphatic carbocycles. The minimum absolute atomic E-state index is 0.00865. The topological polar surface area (TPSA) is 51.2 Å². The van der Waals surface area contributed by atoms with E-state index >= 15 is 0 Å². The molecule has 0 saturated carbocycles. The van der Waals surface area contributed by atoms with E-state index in [9.17, 15) is 4.79 Å². The van der Waals surface area contributed by atoms with Gasteiger partial charge in [0, 0.05) is 39.2 Å². The second-order valence-electron chi connectivity index (χ2n) is 9.80. The summed E-state index contributed by atoms with van der Waals surface area (Å²) in [7, 11) is 1.66. The second kappa shape index (κ2) is 15.0. The average molecular weight is 575 g/mol. The molecule has 218 valence electrons. The molecular weight excluding hydrogens is 532 g/mol. The predicted molar refractivity (Wildman–Crippen MR) is 170 cm³/mol. The molecule has 0 unspecified atom stereocenters. The van der Waals surface area contributed by atoms with Gasteiger partial charge in [0.15, 0.2) is 5.78 Å². The van der Waals surface area contributed by atoms with Crippen LogP contribution in [-0.2, 0) is 0 Å². The van der Waals surface area contributed by atoms with Crippen molar-refractivity contribution < 1.29 is 19.0 Å². The number of thiophene rings is 1. The lowest BCUT2D eigenvalue weighted by Crippen LogP contribution is -2.27. The number of likely N-dealkylation sites (N-methyl/N-ethyl adjacent to an activating group) is 2. The normalized spacial score (nSPS) is 11.4. The highest BCUT2D eigenvalue weighted by Gasteiger charge is 2.22. The third-order valence-corrected chi connectivity index (χ3v) is 8.70. The molecule has 0 saturated heterocycles. The molecule has 0 spiro atoms. The van der Waals surface area contributed by atoms with Gasteiger partial charge in [-0.15, -0.1) is 11.3 Å². The molecule has 0 aliphatic heterocycles. The predicted octanol–water partition coefficient (Wildman–Crippen LogP) is 7.25. The summed E-state index contributed by atoms with van der Waals surface area (Å²) in [6.45, 7) is 15.7. The third kappa shape index (κ3) is 7.67. The van der Waals surface area contributed by atoms with E-state index in [1.807, 2.05) is 66.7 Å². The van der Waals surface area contributed by atoms with Crippen LogP contribution in [0.4, 0.5) is 0 Å². The summed E-state index contributed by atoms with van der Waals surface area (Å²) < 4.78 is 18.4. The first kappa shape index (κ1) is 30.6. The number of rotatable bonds is 16. The Kier molecular flexibility index (Phi) is 11.2. The Bertz CT molecular complexity index is 1390. The Balaban J connectivity index is 1.57. The molecule has 0 radical (unpaired) electrons. The van der Waals surface area contributed by atoms with Crippen molar-refractivity contribution in [3.05, 3.63) is 77.9 Å². The van der Waals surface area contributed by atoms with E-state index in [2.05, 4.69) is 37.5 Å². The molecule has 0 atom stereocenters. The number of methoxy groups -OCH3 is 1. The van der Waals surface area contributed by atoms with Crippen LogP contribution in [0.15, 0.2) is 66.7 Å². The summed E-state index contributed by atoms with van der Waals surface area (Å²) in [6.07, 6.45) is 0. The van der Waals surface area contributed by atoms with Crippen molar-refractivity contribution in [2.45, 2.75) is 27.7 Å². The summed E-state index contributed by atoms with van der Waals surface area (Å²) in [5.74, 6) is 2.36. The van der Waals surface area contributed by atoms with Crippen molar-refractivity contribution in [1.29, 1.82) is 0 Å². The van der Waals surface area contributed by atoms with Crippen molar-refractivity contribution >= 4 is 27.2 Å². The first-order valence-electron chi connectivity index (χ1n) is 14.6. The monoisotopic (exact) mass is 574 g/mol. The van der Waals surface area contributed by atoms with E-state index in [1.165, 1.54) is 0 Å². The van der Waals surface area contributed by atoms with Gasteiger partial charge in [0.1, 0.15) is 30.5 Å². The fraction of sp³-hybridized carbons (Fsp3) is 0.382. The lowest BCUT2D eigenvalue weighted by molar-refractivity contribution is 0.104. The van der Waals surface area contributed by atoms with Crippen LogP contribution >= 0.6 is 11.3 Å². The Morgan fingerprint density at radius 2 is 1.22 bits per heavy atom. The largest absolute Gasteiger partial charge is 0.497 e. The number of benzene rings is 3. The number of carbonyl (C=O) groups excluding carboxylic acids is 1. The van der Waals surface area contributed by atoms with Crippen molar-refractivity contribution in [3.63, 3.8) is 0 Å². The highest BCUT2D eigenvalue weighted by molar-refractivity contribution is 7.22. The molecule has 4 aromatic rings. The third-order valence-electron chi connectivity index (χ3n) is 7.50. The zero-order chi connectivity index (χ0) is 29.2. The van der Waals surface area contributed by atoms with Gasteiger partial charge in [0.25, 0.3) is 0 Å². The molecule has 0 aliphatic rings. The van der Waals surface area contributed by atoms with Crippen LogP contribution in [0, 0.1) is 0 Å². The summed E-state index contributed by atoms with van der Waals surface area (Å²) in [5, 5.41) is 0.926. The molecular formula is C34H42N2O4S. The van der Waals surface area contributed by atoms with E-state index in [1.54, 1.807) is 18.4 Å². The van der Waals surface area contributed by atoms with Gasteiger partial charge in [-0.25, -0.2) is 0 Å². The maximum atomic E-state index is 14.0. The highest BCUT2D eigenvalue weighted by atomic mass is 32.1. The fourth-order valence-electron chi connectivity index (χ4n) is 4.85. The van der Waals surface area contributed by atoms with E-state index in [4.69, 9.17) is 14.2 Å². The lowest BCUT2D eigenvalue weighted by Gasteiger charge is -2.18. The molecule has 3 aromatic carbocycles.